The molecule has 0 N–H and O–H groups in total. The van der Waals surface area contributed by atoms with Gasteiger partial charge in [-0.3, -0.25) is 0 Å². The maximum absolute atomic E-state index is 9.84. The maximum atomic E-state index is 9.84. The molecule has 2 unspecified atom stereocenters. The van der Waals surface area contributed by atoms with Crippen molar-refractivity contribution >= 4 is 96.2 Å². The highest BCUT2D eigenvalue weighted by atomic mass is 29.7. The Morgan fingerprint density at radius 2 is 0.877 bits per heavy atom. The molecule has 6 rings (SSSR count). The van der Waals surface area contributed by atoms with Gasteiger partial charge in [-0.1, -0.05) is 199 Å². The highest BCUT2D eigenvalue weighted by Gasteiger charge is 2.98. The van der Waals surface area contributed by atoms with Crippen molar-refractivity contribution in [3.63, 3.8) is 0 Å². The molecule has 2 aliphatic heterocycles. The van der Waals surface area contributed by atoms with E-state index < -0.39 is 96.2 Å². The molecule has 13 heteroatoms. The van der Waals surface area contributed by atoms with Crippen molar-refractivity contribution in [2.75, 3.05) is 0 Å². The van der Waals surface area contributed by atoms with E-state index in [1.807, 2.05) is 5.67 Å². The Bertz CT molecular complexity index is 1390. The SMILES string of the molecule is CC(C)[Si](O[Si]1C2(C3CC4CC(C3)CC2C4)[Si@@]12C[Si](C)(C)C([Si](C)(C)C)[Si]2(C(C)C)C([Si](C)(C)C)[Si](C)(C)C)(C([Si](C)(C)C)[Si](C)(C)C)C([Si](C)(C)C)[Si](C)(C)C. The maximum Gasteiger partial charge on any atom is 0.183 e. The molecule has 57 heavy (non-hydrogen) atoms. The average molecular weight is 985 g/mol. The van der Waals surface area contributed by atoms with Crippen LogP contribution in [0.5, 0.6) is 0 Å². The molecule has 4 aliphatic carbocycles. The lowest BCUT2D eigenvalue weighted by molar-refractivity contribution is 0.00634. The summed E-state index contributed by atoms with van der Waals surface area (Å²) < 4.78 is 10.6. The summed E-state index contributed by atoms with van der Waals surface area (Å²) in [4.78, 5) is 4.23. The molecule has 6 aliphatic rings. The third-order valence-corrected chi connectivity index (χ3v) is 134. The van der Waals surface area contributed by atoms with E-state index in [9.17, 15) is 4.12 Å². The molecule has 6 fully saturated rings. The van der Waals surface area contributed by atoms with Crippen LogP contribution in [0.1, 0.15) is 59.8 Å². The zero-order chi connectivity index (χ0) is 44.3. The van der Waals surface area contributed by atoms with Crippen LogP contribution in [0.4, 0.5) is 0 Å². The van der Waals surface area contributed by atoms with Crippen molar-refractivity contribution < 1.29 is 4.12 Å². The highest BCUT2D eigenvalue weighted by Crippen LogP contribution is 2.88. The molecule has 2 saturated heterocycles. The molecule has 333 valence electrons. The molecule has 0 aromatic rings. The Morgan fingerprint density at radius 3 is 1.14 bits per heavy atom. The van der Waals surface area contributed by atoms with Crippen molar-refractivity contribution in [2.24, 2.45) is 23.7 Å². The van der Waals surface area contributed by atoms with Gasteiger partial charge in [0.25, 0.3) is 0 Å². The Balaban J connectivity index is 2.05. The van der Waals surface area contributed by atoms with E-state index >= 15 is 0 Å². The summed E-state index contributed by atoms with van der Waals surface area (Å²) in [5.74, 6) is 4.24. The van der Waals surface area contributed by atoms with E-state index in [0.717, 1.165) is 53.8 Å². The lowest BCUT2D eigenvalue weighted by Gasteiger charge is -2.63. The van der Waals surface area contributed by atoms with Crippen LogP contribution in [0.25, 0.3) is 0 Å². The van der Waals surface area contributed by atoms with Gasteiger partial charge in [0.05, 0.1) is 7.11 Å². The highest BCUT2D eigenvalue weighted by molar-refractivity contribution is 7.85. The summed E-state index contributed by atoms with van der Waals surface area (Å²) >= 11 is 0. The van der Waals surface area contributed by atoms with Crippen LogP contribution in [0.15, 0.2) is 0 Å². The predicted octanol–water partition coefficient (Wildman–Crippen LogP) is 16.0. The van der Waals surface area contributed by atoms with Crippen LogP contribution in [0.2, 0.25) is 191 Å². The molecule has 0 aromatic carbocycles. The summed E-state index contributed by atoms with van der Waals surface area (Å²) in [6.45, 7) is 78.8. The number of rotatable bonds is 14. The van der Waals surface area contributed by atoms with E-state index in [1.165, 1.54) is 4.79 Å². The van der Waals surface area contributed by atoms with E-state index in [1.54, 1.807) is 32.1 Å². The first-order valence-electron chi connectivity index (χ1n) is 24.6. The van der Waals surface area contributed by atoms with Crippen molar-refractivity contribution in [2.45, 2.75) is 251 Å². The Morgan fingerprint density at radius 1 is 0.526 bits per heavy atom. The van der Waals surface area contributed by atoms with Gasteiger partial charge in [-0.05, 0) is 75.6 Å². The largest absolute Gasteiger partial charge is 0.457 e. The van der Waals surface area contributed by atoms with E-state index in [4.69, 9.17) is 0 Å². The molecule has 4 bridgehead atoms. The van der Waals surface area contributed by atoms with E-state index in [0.29, 0.717) is 0 Å². The Labute approximate surface area is 372 Å². The average Bonchev–Trinajstić information content (AvgIpc) is 3.34. The lowest BCUT2D eigenvalue weighted by atomic mass is 9.55. The summed E-state index contributed by atoms with van der Waals surface area (Å²) in [7, 11) is -19.9. The minimum Gasteiger partial charge on any atom is -0.457 e. The molecule has 2 spiro atoms. The molecule has 4 saturated carbocycles. The quantitative estimate of drug-likeness (QED) is 0.158. The van der Waals surface area contributed by atoms with Crippen molar-refractivity contribution in [3.05, 3.63) is 0 Å². The normalized spacial score (nSPS) is 35.5. The fourth-order valence-corrected chi connectivity index (χ4v) is 229. The number of hydrogen-bond acceptors (Lipinski definition) is 1. The van der Waals surface area contributed by atoms with Gasteiger partial charge in [-0.15, -0.1) is 0 Å². The minimum absolute atomic E-state index is 0.720. The fraction of sp³-hybridized carbons (Fsp3) is 1.00. The first-order chi connectivity index (χ1) is 25.1. The predicted molar refractivity (Wildman–Crippen MR) is 295 cm³/mol. The second-order valence-corrected chi connectivity index (χ2v) is 105. The van der Waals surface area contributed by atoms with Gasteiger partial charge in [-0.25, -0.2) is 0 Å². The fourth-order valence-electron chi connectivity index (χ4n) is 21.0. The third kappa shape index (κ3) is 7.55. The molecule has 0 amide bonds. The number of hydrogen-bond donors (Lipinski definition) is 0. The molecule has 1 nitrogen and oxygen atoms in total. The molecule has 2 heterocycles. The molecular weight excluding hydrogens is 882 g/mol. The van der Waals surface area contributed by atoms with Gasteiger partial charge in [-0.2, -0.15) is 0 Å². The smallest absolute Gasteiger partial charge is 0.183 e. The second-order valence-electron chi connectivity index (χ2n) is 31.1. The first kappa shape index (κ1) is 50.6. The van der Waals surface area contributed by atoms with Crippen LogP contribution >= 0.6 is 0 Å². The van der Waals surface area contributed by atoms with Gasteiger partial charge in [0, 0.05) is 72.2 Å². The van der Waals surface area contributed by atoms with Crippen molar-refractivity contribution in [3.8, 4) is 0 Å². The zero-order valence-electron chi connectivity index (χ0n) is 43.9. The Kier molecular flexibility index (Phi) is 13.1. The van der Waals surface area contributed by atoms with Gasteiger partial charge < -0.3 is 4.12 Å². The summed E-state index contributed by atoms with van der Waals surface area (Å²) in [6.07, 6.45) is 8.15. The van der Waals surface area contributed by atoms with Gasteiger partial charge in [0.2, 0.25) is 0 Å². The monoisotopic (exact) mass is 984 g/mol. The van der Waals surface area contributed by atoms with E-state index in [-0.39, 0.29) is 0 Å². The molecule has 3 atom stereocenters. The summed E-state index contributed by atoms with van der Waals surface area (Å²) in [6, 6.07) is 0. The van der Waals surface area contributed by atoms with Crippen LogP contribution in [-0.4, -0.2) is 96.2 Å². The van der Waals surface area contributed by atoms with Crippen LogP contribution in [0, 0.1) is 23.7 Å². The van der Waals surface area contributed by atoms with Gasteiger partial charge in [0.1, 0.15) is 0 Å². The molecule has 1 radical (unpaired) electrons. The summed E-state index contributed by atoms with van der Waals surface area (Å²) in [5.41, 5.74) is 3.53. The van der Waals surface area contributed by atoms with Gasteiger partial charge >= 0.3 is 0 Å². The van der Waals surface area contributed by atoms with Crippen LogP contribution in [0.3, 0.4) is 0 Å². The summed E-state index contributed by atoms with van der Waals surface area (Å²) in [5, 5.41) is 0. The van der Waals surface area contributed by atoms with E-state index in [2.05, 4.69) is 178 Å². The van der Waals surface area contributed by atoms with Crippen LogP contribution in [-0.2, 0) is 4.12 Å². The molecule has 0 aromatic heterocycles. The first-order valence-corrected chi connectivity index (χ1v) is 62.9. The van der Waals surface area contributed by atoms with Crippen LogP contribution < -0.4 is 0 Å². The van der Waals surface area contributed by atoms with Crippen molar-refractivity contribution in [1.29, 1.82) is 0 Å². The second kappa shape index (κ2) is 14.8. The minimum atomic E-state index is -2.37. The third-order valence-electron chi connectivity index (χ3n) is 18.1. The van der Waals surface area contributed by atoms with Gasteiger partial charge in [0.15, 0.2) is 16.9 Å². The Hall–Kier alpha value is 2.56. The topological polar surface area (TPSA) is 9.23 Å². The standard InChI is InChI=1S/C44H103OSi12/c1-34(2)56(40(47(5,6)7)48(8,9)10,41(49(11,12)13)50(14,15)16)45-46-44(38-29-36-28-37(31-38)32-39(44)30-36)55(46)33-54(26,27)43(53(23,24)25)57(55,35(3)4)42(51(17,18)19)52(20,21)22/h34-43H,28-33H2,1-27H3/t36?,37?,38?,39?,43?,44?,55-,57?/m0/s1. The van der Waals surface area contributed by atoms with Crippen molar-refractivity contribution in [1.82, 2.24) is 0 Å². The lowest BCUT2D eigenvalue weighted by Crippen LogP contribution is -2.76. The zero-order valence-corrected chi connectivity index (χ0v) is 55.9. The molecular formula is C44H103OSi12.